The van der Waals surface area contributed by atoms with E-state index < -0.39 is 6.29 Å². The van der Waals surface area contributed by atoms with E-state index in [0.717, 1.165) is 43.2 Å². The number of benzene rings is 1. The van der Waals surface area contributed by atoms with Crippen LogP contribution in [-0.4, -0.2) is 70.0 Å². The zero-order valence-corrected chi connectivity index (χ0v) is 21.7. The van der Waals surface area contributed by atoms with Crippen LogP contribution in [0.4, 0.5) is 10.5 Å². The standard InChI is InChI=1S/C26H38N6O4/c1-5-17(3)27-22(33)13-14-30-24(35)19-10-6-7-12-21(19)32-25(30)29-31(26(32)36)15-23(34)28-20-11-8-9-16(2)18(20)4/h8-9,11,17,19,21,25,29H,5-7,10,12-15H2,1-4H3,(H,27,33)(H,28,34). The van der Waals surface area contributed by atoms with E-state index in [1.165, 1.54) is 5.01 Å². The normalized spacial score (nSPS) is 24.3. The largest absolute Gasteiger partial charge is 0.354 e. The maximum absolute atomic E-state index is 13.5. The number of nitrogens with zero attached hydrogens (tertiary/aromatic N) is 3. The maximum Gasteiger partial charge on any atom is 0.337 e. The molecule has 5 amide bonds. The molecule has 10 heteroatoms. The number of rotatable bonds is 8. The van der Waals surface area contributed by atoms with Gasteiger partial charge in [-0.25, -0.2) is 9.80 Å². The maximum atomic E-state index is 13.5. The predicted molar refractivity (Wildman–Crippen MR) is 135 cm³/mol. The minimum atomic E-state index is -0.700. The number of carbonyl (C=O) groups is 4. The summed E-state index contributed by atoms with van der Waals surface area (Å²) in [4.78, 5) is 55.5. The molecule has 2 aliphatic heterocycles. The Balaban J connectivity index is 1.48. The molecule has 0 bridgehead atoms. The van der Waals surface area contributed by atoms with Crippen LogP contribution in [0.2, 0.25) is 0 Å². The fraction of sp³-hybridized carbons (Fsp3) is 0.615. The van der Waals surface area contributed by atoms with Crippen molar-refractivity contribution >= 4 is 29.4 Å². The smallest absolute Gasteiger partial charge is 0.337 e. The van der Waals surface area contributed by atoms with Crippen molar-refractivity contribution in [3.63, 3.8) is 0 Å². The molecule has 196 valence electrons. The first-order chi connectivity index (χ1) is 17.2. The highest BCUT2D eigenvalue weighted by Gasteiger charge is 2.54. The molecule has 3 aliphatic rings. The van der Waals surface area contributed by atoms with E-state index in [-0.39, 0.29) is 61.3 Å². The van der Waals surface area contributed by atoms with Crippen LogP contribution in [0.5, 0.6) is 0 Å². The molecule has 1 aromatic carbocycles. The molecular weight excluding hydrogens is 460 g/mol. The van der Waals surface area contributed by atoms with Crippen molar-refractivity contribution in [2.75, 3.05) is 18.4 Å². The summed E-state index contributed by atoms with van der Waals surface area (Å²) in [5, 5.41) is 7.12. The molecule has 0 radical (unpaired) electrons. The molecule has 0 aromatic heterocycles. The number of aryl methyl sites for hydroxylation is 1. The van der Waals surface area contributed by atoms with Gasteiger partial charge in [-0.05, 0) is 57.2 Å². The fourth-order valence-electron chi connectivity index (χ4n) is 5.35. The average molecular weight is 499 g/mol. The lowest BCUT2D eigenvalue weighted by Crippen LogP contribution is -2.66. The van der Waals surface area contributed by atoms with Gasteiger partial charge >= 0.3 is 6.03 Å². The summed E-state index contributed by atoms with van der Waals surface area (Å²) in [6.45, 7) is 7.87. The number of nitrogens with one attached hydrogen (secondary N) is 3. The lowest BCUT2D eigenvalue weighted by molar-refractivity contribution is -0.156. The van der Waals surface area contributed by atoms with Crippen molar-refractivity contribution in [2.24, 2.45) is 5.92 Å². The Morgan fingerprint density at radius 2 is 1.89 bits per heavy atom. The zero-order valence-electron chi connectivity index (χ0n) is 21.7. The molecule has 3 fully saturated rings. The quantitative estimate of drug-likeness (QED) is 0.510. The number of amides is 5. The number of anilines is 1. The minimum absolute atomic E-state index is 0.0284. The Morgan fingerprint density at radius 1 is 1.14 bits per heavy atom. The van der Waals surface area contributed by atoms with E-state index >= 15 is 0 Å². The van der Waals surface area contributed by atoms with Crippen molar-refractivity contribution < 1.29 is 19.2 Å². The van der Waals surface area contributed by atoms with E-state index in [1.54, 1.807) is 9.80 Å². The Hall–Kier alpha value is -3.14. The summed E-state index contributed by atoms with van der Waals surface area (Å²) in [6.07, 6.45) is 3.65. The first-order valence-electron chi connectivity index (χ1n) is 13.0. The van der Waals surface area contributed by atoms with Crippen LogP contribution in [0.3, 0.4) is 0 Å². The second kappa shape index (κ2) is 10.9. The first kappa shape index (κ1) is 25.9. The lowest BCUT2D eigenvalue weighted by Gasteiger charge is -2.48. The second-order valence-corrected chi connectivity index (χ2v) is 10.2. The van der Waals surface area contributed by atoms with Gasteiger partial charge in [0, 0.05) is 30.7 Å². The van der Waals surface area contributed by atoms with Gasteiger partial charge in [0.15, 0.2) is 6.29 Å². The average Bonchev–Trinajstić information content (AvgIpc) is 3.17. The molecule has 36 heavy (non-hydrogen) atoms. The molecule has 0 spiro atoms. The van der Waals surface area contributed by atoms with Crippen LogP contribution < -0.4 is 16.1 Å². The van der Waals surface area contributed by atoms with E-state index in [9.17, 15) is 19.2 Å². The number of urea groups is 1. The van der Waals surface area contributed by atoms with Gasteiger partial charge in [-0.2, -0.15) is 5.43 Å². The first-order valence-corrected chi connectivity index (χ1v) is 13.0. The molecule has 2 heterocycles. The topological polar surface area (TPSA) is 114 Å². The fourth-order valence-corrected chi connectivity index (χ4v) is 5.35. The molecular formula is C26H38N6O4. The highest BCUT2D eigenvalue weighted by molar-refractivity contribution is 5.95. The van der Waals surface area contributed by atoms with E-state index in [0.29, 0.717) is 5.69 Å². The van der Waals surface area contributed by atoms with Gasteiger partial charge < -0.3 is 15.5 Å². The Kier molecular flexibility index (Phi) is 7.82. The van der Waals surface area contributed by atoms with Crippen molar-refractivity contribution in [3.05, 3.63) is 29.3 Å². The second-order valence-electron chi connectivity index (χ2n) is 10.2. The van der Waals surface area contributed by atoms with Gasteiger partial charge in [0.05, 0.1) is 5.92 Å². The third kappa shape index (κ3) is 5.18. The highest BCUT2D eigenvalue weighted by atomic mass is 16.2. The number of hydrogen-bond donors (Lipinski definition) is 3. The number of fused-ring (bicyclic) bond motifs is 3. The molecule has 1 aromatic rings. The molecule has 4 atom stereocenters. The van der Waals surface area contributed by atoms with Gasteiger partial charge in [0.1, 0.15) is 6.54 Å². The van der Waals surface area contributed by atoms with Crippen molar-refractivity contribution in [3.8, 4) is 0 Å². The molecule has 4 unspecified atom stereocenters. The molecule has 2 saturated heterocycles. The van der Waals surface area contributed by atoms with Gasteiger partial charge in [0.25, 0.3) is 0 Å². The van der Waals surface area contributed by atoms with Crippen molar-refractivity contribution in [2.45, 2.75) is 84.6 Å². The van der Waals surface area contributed by atoms with Crippen LogP contribution in [0.15, 0.2) is 18.2 Å². The van der Waals surface area contributed by atoms with Gasteiger partial charge in [0.2, 0.25) is 17.7 Å². The van der Waals surface area contributed by atoms with Crippen molar-refractivity contribution in [1.29, 1.82) is 0 Å². The summed E-state index contributed by atoms with van der Waals surface area (Å²) in [6, 6.07) is 5.24. The van der Waals surface area contributed by atoms with Gasteiger partial charge in [-0.3, -0.25) is 19.3 Å². The highest BCUT2D eigenvalue weighted by Crippen LogP contribution is 2.38. The van der Waals surface area contributed by atoms with E-state index in [2.05, 4.69) is 16.1 Å². The van der Waals surface area contributed by atoms with Gasteiger partial charge in [-0.1, -0.05) is 31.9 Å². The van der Waals surface area contributed by atoms with Crippen LogP contribution >= 0.6 is 0 Å². The molecule has 10 nitrogen and oxygen atoms in total. The summed E-state index contributed by atoms with van der Waals surface area (Å²) in [5.74, 6) is -0.750. The van der Waals surface area contributed by atoms with Crippen LogP contribution in [0.1, 0.15) is 63.5 Å². The zero-order chi connectivity index (χ0) is 26.0. The minimum Gasteiger partial charge on any atom is -0.354 e. The Bertz CT molecular complexity index is 1030. The molecule has 3 N–H and O–H groups in total. The third-order valence-corrected chi connectivity index (χ3v) is 7.75. The predicted octanol–water partition coefficient (Wildman–Crippen LogP) is 2.47. The lowest BCUT2D eigenvalue weighted by atomic mass is 9.81. The molecule has 1 saturated carbocycles. The SMILES string of the molecule is CCC(C)NC(=O)CCN1C(=O)C2CCCCC2N2C(=O)N(CC(=O)Nc3cccc(C)c3C)NC12. The summed E-state index contributed by atoms with van der Waals surface area (Å²) >= 11 is 0. The van der Waals surface area contributed by atoms with Crippen molar-refractivity contribution in [1.82, 2.24) is 25.6 Å². The number of carbonyl (C=O) groups excluding carboxylic acids is 4. The number of hydrazine groups is 1. The van der Waals surface area contributed by atoms with E-state index in [4.69, 9.17) is 0 Å². The van der Waals surface area contributed by atoms with Crippen LogP contribution in [-0.2, 0) is 14.4 Å². The summed E-state index contributed by atoms with van der Waals surface area (Å²) < 4.78 is 0. The Morgan fingerprint density at radius 3 is 2.64 bits per heavy atom. The number of hydrogen-bond acceptors (Lipinski definition) is 5. The molecule has 1 aliphatic carbocycles. The Labute approximate surface area is 212 Å². The summed E-state index contributed by atoms with van der Waals surface area (Å²) in [5.41, 5.74) is 5.84. The monoisotopic (exact) mass is 498 g/mol. The van der Waals surface area contributed by atoms with Crippen LogP contribution in [0, 0.1) is 19.8 Å². The van der Waals surface area contributed by atoms with Gasteiger partial charge in [-0.15, -0.1) is 0 Å². The van der Waals surface area contributed by atoms with Crippen LogP contribution in [0.25, 0.3) is 0 Å². The molecule has 4 rings (SSSR count). The van der Waals surface area contributed by atoms with E-state index in [1.807, 2.05) is 45.9 Å². The summed E-state index contributed by atoms with van der Waals surface area (Å²) in [7, 11) is 0. The third-order valence-electron chi connectivity index (χ3n) is 7.75.